The maximum atomic E-state index is 11.5. The molecule has 4 nitrogen and oxygen atoms in total. The van der Waals surface area contributed by atoms with Gasteiger partial charge in [-0.2, -0.15) is 0 Å². The second kappa shape index (κ2) is 8.02. The van der Waals surface area contributed by atoms with Gasteiger partial charge in [0.2, 0.25) is 0 Å². The van der Waals surface area contributed by atoms with Gasteiger partial charge in [0.25, 0.3) is 0 Å². The third-order valence-electron chi connectivity index (χ3n) is 2.32. The summed E-state index contributed by atoms with van der Waals surface area (Å²) in [7, 11) is 0. The van der Waals surface area contributed by atoms with E-state index in [1.54, 1.807) is 38.1 Å². The number of hydrogen-bond donors (Lipinski definition) is 1. The topological polar surface area (TPSA) is 55.8 Å². The van der Waals surface area contributed by atoms with E-state index >= 15 is 0 Å². The van der Waals surface area contributed by atoms with Crippen LogP contribution in [0.5, 0.6) is 5.75 Å². The second-order valence-corrected chi connectivity index (χ2v) is 4.76. The Morgan fingerprint density at radius 1 is 1.32 bits per heavy atom. The van der Waals surface area contributed by atoms with Gasteiger partial charge in [0.1, 0.15) is 12.4 Å². The Morgan fingerprint density at radius 2 is 1.95 bits per heavy atom. The molecule has 5 heteroatoms. The third-order valence-corrected chi connectivity index (χ3v) is 2.48. The quantitative estimate of drug-likeness (QED) is 0.616. The zero-order chi connectivity index (χ0) is 14.3. The summed E-state index contributed by atoms with van der Waals surface area (Å²) >= 11 is 5.52. The van der Waals surface area contributed by atoms with Crippen LogP contribution in [0.2, 0.25) is 0 Å². The SMILES string of the molecule is CC(C)OC(=O)C(O)Cc1ccc(OCCCl)cc1. The number of hydrogen-bond acceptors (Lipinski definition) is 4. The Labute approximate surface area is 118 Å². The molecule has 0 saturated carbocycles. The van der Waals surface area contributed by atoms with Crippen LogP contribution in [0.15, 0.2) is 24.3 Å². The Balaban J connectivity index is 2.50. The molecule has 0 heterocycles. The number of rotatable bonds is 7. The molecule has 106 valence electrons. The number of aliphatic hydroxyl groups excluding tert-OH is 1. The van der Waals surface area contributed by atoms with E-state index in [4.69, 9.17) is 21.1 Å². The number of carbonyl (C=O) groups is 1. The van der Waals surface area contributed by atoms with Crippen LogP contribution in [0.3, 0.4) is 0 Å². The predicted octanol–water partition coefficient (Wildman–Crippen LogP) is 2.16. The third kappa shape index (κ3) is 5.94. The van der Waals surface area contributed by atoms with Crippen LogP contribution < -0.4 is 4.74 Å². The van der Waals surface area contributed by atoms with Crippen molar-refractivity contribution in [2.75, 3.05) is 12.5 Å². The molecule has 1 unspecified atom stereocenters. The molecule has 1 N–H and O–H groups in total. The largest absolute Gasteiger partial charge is 0.492 e. The van der Waals surface area contributed by atoms with Crippen molar-refractivity contribution in [3.05, 3.63) is 29.8 Å². The molecule has 1 atom stereocenters. The first-order valence-electron chi connectivity index (χ1n) is 6.19. The molecular weight excluding hydrogens is 268 g/mol. The summed E-state index contributed by atoms with van der Waals surface area (Å²) in [6, 6.07) is 7.16. The molecule has 0 saturated heterocycles. The van der Waals surface area contributed by atoms with Crippen LogP contribution in [0, 0.1) is 0 Å². The molecule has 0 radical (unpaired) electrons. The zero-order valence-electron chi connectivity index (χ0n) is 11.1. The monoisotopic (exact) mass is 286 g/mol. The summed E-state index contributed by atoms with van der Waals surface area (Å²) in [5, 5.41) is 9.71. The van der Waals surface area contributed by atoms with E-state index in [-0.39, 0.29) is 12.5 Å². The molecule has 0 aliphatic rings. The predicted molar refractivity (Wildman–Crippen MR) is 73.6 cm³/mol. The van der Waals surface area contributed by atoms with Crippen molar-refractivity contribution in [1.29, 1.82) is 0 Å². The van der Waals surface area contributed by atoms with Gasteiger partial charge >= 0.3 is 5.97 Å². The summed E-state index contributed by atoms with van der Waals surface area (Å²) in [6.07, 6.45) is -1.15. The van der Waals surface area contributed by atoms with Crippen LogP contribution in [0.25, 0.3) is 0 Å². The van der Waals surface area contributed by atoms with E-state index in [9.17, 15) is 9.90 Å². The van der Waals surface area contributed by atoms with Gasteiger partial charge in [-0.25, -0.2) is 4.79 Å². The van der Waals surface area contributed by atoms with Gasteiger partial charge in [0, 0.05) is 6.42 Å². The number of carbonyl (C=O) groups excluding carboxylic acids is 1. The van der Waals surface area contributed by atoms with Crippen molar-refractivity contribution in [1.82, 2.24) is 0 Å². The number of alkyl halides is 1. The lowest BCUT2D eigenvalue weighted by molar-refractivity contribution is -0.157. The summed E-state index contributed by atoms with van der Waals surface area (Å²) in [4.78, 5) is 11.5. The van der Waals surface area contributed by atoms with Gasteiger partial charge < -0.3 is 14.6 Å². The molecule has 1 aromatic carbocycles. The van der Waals surface area contributed by atoms with Crippen LogP contribution in [0.1, 0.15) is 19.4 Å². The molecule has 0 aromatic heterocycles. The molecular formula is C14H19ClO4. The minimum Gasteiger partial charge on any atom is -0.492 e. The molecule has 0 fully saturated rings. The van der Waals surface area contributed by atoms with E-state index in [0.29, 0.717) is 18.2 Å². The summed E-state index contributed by atoms with van der Waals surface area (Å²) < 4.78 is 10.3. The Morgan fingerprint density at radius 3 is 2.47 bits per heavy atom. The van der Waals surface area contributed by atoms with Crippen LogP contribution >= 0.6 is 11.6 Å². The first-order valence-corrected chi connectivity index (χ1v) is 6.72. The maximum absolute atomic E-state index is 11.5. The summed E-state index contributed by atoms with van der Waals surface area (Å²) in [5.41, 5.74) is 0.839. The van der Waals surface area contributed by atoms with E-state index in [0.717, 1.165) is 5.56 Å². The van der Waals surface area contributed by atoms with Crippen LogP contribution in [0.4, 0.5) is 0 Å². The number of esters is 1. The van der Waals surface area contributed by atoms with E-state index in [1.165, 1.54) is 0 Å². The Bertz CT molecular complexity index is 389. The maximum Gasteiger partial charge on any atom is 0.335 e. The fourth-order valence-electron chi connectivity index (χ4n) is 1.50. The molecule has 0 spiro atoms. The van der Waals surface area contributed by atoms with Gasteiger partial charge in [-0.3, -0.25) is 0 Å². The van der Waals surface area contributed by atoms with Crippen molar-refractivity contribution >= 4 is 17.6 Å². The highest BCUT2D eigenvalue weighted by molar-refractivity contribution is 6.18. The van der Waals surface area contributed by atoms with Gasteiger partial charge in [-0.05, 0) is 31.5 Å². The fourth-order valence-corrected chi connectivity index (χ4v) is 1.57. The number of benzene rings is 1. The second-order valence-electron chi connectivity index (χ2n) is 4.39. The number of ether oxygens (including phenoxy) is 2. The van der Waals surface area contributed by atoms with E-state index in [1.807, 2.05) is 0 Å². The highest BCUT2D eigenvalue weighted by Crippen LogP contribution is 2.14. The zero-order valence-corrected chi connectivity index (χ0v) is 11.9. The Hall–Kier alpha value is -1.26. The van der Waals surface area contributed by atoms with Crippen molar-refractivity contribution in [2.45, 2.75) is 32.5 Å². The Kier molecular flexibility index (Phi) is 6.67. The number of aliphatic hydroxyl groups is 1. The summed E-state index contributed by atoms with van der Waals surface area (Å²) in [6.45, 7) is 3.94. The smallest absolute Gasteiger partial charge is 0.335 e. The van der Waals surface area contributed by atoms with Crippen molar-refractivity contribution in [3.8, 4) is 5.75 Å². The average Bonchev–Trinajstić information content (AvgIpc) is 2.37. The van der Waals surface area contributed by atoms with Crippen LogP contribution in [-0.2, 0) is 16.0 Å². The molecule has 1 aromatic rings. The highest BCUT2D eigenvalue weighted by atomic mass is 35.5. The fraction of sp³-hybridized carbons (Fsp3) is 0.500. The van der Waals surface area contributed by atoms with E-state index < -0.39 is 12.1 Å². The molecule has 0 aliphatic heterocycles. The first-order chi connectivity index (χ1) is 9.02. The summed E-state index contributed by atoms with van der Waals surface area (Å²) in [5.74, 6) is 0.544. The van der Waals surface area contributed by atoms with Gasteiger partial charge in [-0.1, -0.05) is 12.1 Å². The lowest BCUT2D eigenvalue weighted by Crippen LogP contribution is -2.27. The normalized spacial score (nSPS) is 12.3. The average molecular weight is 287 g/mol. The number of halogens is 1. The minimum atomic E-state index is -1.14. The van der Waals surface area contributed by atoms with Crippen molar-refractivity contribution in [2.24, 2.45) is 0 Å². The van der Waals surface area contributed by atoms with E-state index in [2.05, 4.69) is 0 Å². The van der Waals surface area contributed by atoms with Gasteiger partial charge in [-0.15, -0.1) is 11.6 Å². The molecule has 19 heavy (non-hydrogen) atoms. The molecule has 0 amide bonds. The molecule has 0 bridgehead atoms. The van der Waals surface area contributed by atoms with Gasteiger partial charge in [0.15, 0.2) is 6.10 Å². The molecule has 1 rings (SSSR count). The lowest BCUT2D eigenvalue weighted by Gasteiger charge is -2.13. The van der Waals surface area contributed by atoms with Gasteiger partial charge in [0.05, 0.1) is 12.0 Å². The highest BCUT2D eigenvalue weighted by Gasteiger charge is 2.18. The first kappa shape index (κ1) is 15.8. The minimum absolute atomic E-state index is 0.224. The molecule has 0 aliphatic carbocycles. The van der Waals surface area contributed by atoms with Crippen molar-refractivity contribution in [3.63, 3.8) is 0 Å². The standard InChI is InChI=1S/C14H19ClO4/c1-10(2)19-14(17)13(16)9-11-3-5-12(6-4-11)18-8-7-15/h3-6,10,13,16H,7-9H2,1-2H3. The van der Waals surface area contributed by atoms with Crippen molar-refractivity contribution < 1.29 is 19.4 Å². The lowest BCUT2D eigenvalue weighted by atomic mass is 10.1. The van der Waals surface area contributed by atoms with Crippen LogP contribution in [-0.4, -0.2) is 35.8 Å².